The molecule has 0 bridgehead atoms. The maximum Gasteiger partial charge on any atom is 0.295 e. The fraction of sp³-hybridized carbons (Fsp3) is 0.448. The van der Waals surface area contributed by atoms with Crippen LogP contribution < -0.4 is 9.47 Å². The number of likely N-dealkylation sites (tertiary alicyclic amines) is 1. The van der Waals surface area contributed by atoms with Gasteiger partial charge in [-0.05, 0) is 47.8 Å². The maximum atomic E-state index is 13.4. The van der Waals surface area contributed by atoms with Gasteiger partial charge >= 0.3 is 0 Å². The van der Waals surface area contributed by atoms with Gasteiger partial charge in [0.05, 0.1) is 31.4 Å². The molecule has 1 unspecified atom stereocenters. The van der Waals surface area contributed by atoms with Crippen molar-refractivity contribution in [1.29, 1.82) is 0 Å². The first kappa shape index (κ1) is 27.3. The Morgan fingerprint density at radius 2 is 1.64 bits per heavy atom. The van der Waals surface area contributed by atoms with Crippen LogP contribution in [0.1, 0.15) is 57.4 Å². The third kappa shape index (κ3) is 5.41. The van der Waals surface area contributed by atoms with Crippen molar-refractivity contribution in [1.82, 2.24) is 9.80 Å². The largest absolute Gasteiger partial charge is 0.507 e. The fourth-order valence-electron chi connectivity index (χ4n) is 4.56. The van der Waals surface area contributed by atoms with Crippen LogP contribution in [0.2, 0.25) is 0 Å². The minimum absolute atomic E-state index is 0.0446. The smallest absolute Gasteiger partial charge is 0.295 e. The van der Waals surface area contributed by atoms with Gasteiger partial charge in [-0.2, -0.15) is 0 Å². The van der Waals surface area contributed by atoms with Gasteiger partial charge in [0.25, 0.3) is 11.7 Å². The highest BCUT2D eigenvalue weighted by atomic mass is 16.5. The predicted octanol–water partition coefficient (Wildman–Crippen LogP) is 4.76. The van der Waals surface area contributed by atoms with Crippen LogP contribution in [-0.4, -0.2) is 67.0 Å². The average molecular weight is 495 g/mol. The van der Waals surface area contributed by atoms with Crippen molar-refractivity contribution >= 4 is 17.4 Å². The molecule has 1 aliphatic rings. The molecule has 1 saturated heterocycles. The summed E-state index contributed by atoms with van der Waals surface area (Å²) in [5.74, 6) is -0.722. The fourth-order valence-corrected chi connectivity index (χ4v) is 4.56. The molecular formula is C29H38N2O5. The summed E-state index contributed by atoms with van der Waals surface area (Å²) < 4.78 is 10.8. The highest BCUT2D eigenvalue weighted by Crippen LogP contribution is 2.42. The van der Waals surface area contributed by atoms with Crippen molar-refractivity contribution in [3.8, 4) is 11.5 Å². The lowest BCUT2D eigenvalue weighted by Gasteiger charge is -2.29. The van der Waals surface area contributed by atoms with Crippen molar-refractivity contribution in [3.63, 3.8) is 0 Å². The van der Waals surface area contributed by atoms with Crippen LogP contribution >= 0.6 is 0 Å². The van der Waals surface area contributed by atoms with E-state index in [0.717, 1.165) is 24.2 Å². The molecule has 3 rings (SSSR count). The van der Waals surface area contributed by atoms with Crippen LogP contribution in [0.4, 0.5) is 0 Å². The van der Waals surface area contributed by atoms with Crippen molar-refractivity contribution in [2.45, 2.75) is 46.1 Å². The number of likely N-dealkylation sites (N-methyl/N-ethyl adjacent to an activating group) is 1. The van der Waals surface area contributed by atoms with Crippen LogP contribution in [0.5, 0.6) is 11.5 Å². The molecule has 0 radical (unpaired) electrons. The zero-order valence-electron chi connectivity index (χ0n) is 22.4. The molecule has 1 amide bonds. The number of aliphatic hydroxyl groups excluding tert-OH is 1. The Labute approximate surface area is 214 Å². The molecule has 7 heteroatoms. The quantitative estimate of drug-likeness (QED) is 0.308. The van der Waals surface area contributed by atoms with Crippen LogP contribution in [0, 0.1) is 0 Å². The van der Waals surface area contributed by atoms with Crippen LogP contribution in [0.15, 0.2) is 48.0 Å². The number of aliphatic hydroxyl groups is 1. The van der Waals surface area contributed by atoms with E-state index < -0.39 is 17.7 Å². The second-order valence-electron chi connectivity index (χ2n) is 9.96. The molecule has 194 valence electrons. The Bertz CT molecular complexity index is 1130. The SMILES string of the molecule is CCN(CC)CCN1C(=O)C(=O)/C(=C(/O)c2cc(OC)ccc2OC)C1c1ccc(C(C)(C)C)cc1. The number of carbonyl (C=O) groups is 2. The number of rotatable bonds is 9. The first-order chi connectivity index (χ1) is 17.1. The third-order valence-corrected chi connectivity index (χ3v) is 6.85. The number of ketones is 1. The van der Waals surface area contributed by atoms with E-state index in [0.29, 0.717) is 30.2 Å². The Morgan fingerprint density at radius 3 is 2.17 bits per heavy atom. The summed E-state index contributed by atoms with van der Waals surface area (Å²) in [5.41, 5.74) is 2.22. The van der Waals surface area contributed by atoms with E-state index >= 15 is 0 Å². The first-order valence-electron chi connectivity index (χ1n) is 12.4. The molecule has 36 heavy (non-hydrogen) atoms. The standard InChI is InChI=1S/C29H38N2O5/c1-8-30(9-2)16-17-31-25(19-10-12-20(13-11-19)29(3,4)5)24(27(33)28(31)34)26(32)22-18-21(35-6)14-15-23(22)36-7/h10-15,18,25,32H,8-9,16-17H2,1-7H3/b26-24+. The van der Waals surface area contributed by atoms with Crippen molar-refractivity contribution < 1.29 is 24.2 Å². The number of hydrogen-bond acceptors (Lipinski definition) is 6. The number of carbonyl (C=O) groups excluding carboxylic acids is 2. The second-order valence-corrected chi connectivity index (χ2v) is 9.96. The Kier molecular flexibility index (Phi) is 8.46. The van der Waals surface area contributed by atoms with E-state index in [9.17, 15) is 14.7 Å². The van der Waals surface area contributed by atoms with Crippen LogP contribution in [-0.2, 0) is 15.0 Å². The molecule has 0 aromatic heterocycles. The van der Waals surface area contributed by atoms with Gasteiger partial charge in [0.15, 0.2) is 0 Å². The molecule has 0 spiro atoms. The molecule has 2 aromatic rings. The normalized spacial score (nSPS) is 17.7. The predicted molar refractivity (Wildman–Crippen MR) is 141 cm³/mol. The zero-order valence-corrected chi connectivity index (χ0v) is 22.4. The molecule has 0 aliphatic carbocycles. The van der Waals surface area contributed by atoms with E-state index in [1.54, 1.807) is 23.1 Å². The van der Waals surface area contributed by atoms with E-state index in [1.165, 1.54) is 14.2 Å². The molecule has 1 heterocycles. The van der Waals surface area contributed by atoms with Gasteiger partial charge in [-0.15, -0.1) is 0 Å². The summed E-state index contributed by atoms with van der Waals surface area (Å²) in [4.78, 5) is 30.4. The topological polar surface area (TPSA) is 79.3 Å². The van der Waals surface area contributed by atoms with Gasteiger partial charge in [0.2, 0.25) is 0 Å². The molecule has 1 aliphatic heterocycles. The number of methoxy groups -OCH3 is 2. The van der Waals surface area contributed by atoms with E-state index in [-0.39, 0.29) is 16.7 Å². The lowest BCUT2D eigenvalue weighted by Crippen LogP contribution is -2.38. The summed E-state index contributed by atoms with van der Waals surface area (Å²) in [5, 5.41) is 11.5. The molecule has 1 fully saturated rings. The van der Waals surface area contributed by atoms with E-state index in [2.05, 4.69) is 39.5 Å². The average Bonchev–Trinajstić information content (AvgIpc) is 3.13. The summed E-state index contributed by atoms with van der Waals surface area (Å²) in [6, 6.07) is 12.2. The monoisotopic (exact) mass is 494 g/mol. The number of nitrogens with zero attached hydrogens (tertiary/aromatic N) is 2. The van der Waals surface area contributed by atoms with Crippen molar-refractivity contribution in [2.75, 3.05) is 40.4 Å². The lowest BCUT2D eigenvalue weighted by atomic mass is 9.85. The summed E-state index contributed by atoms with van der Waals surface area (Å²) >= 11 is 0. The van der Waals surface area contributed by atoms with Gasteiger partial charge < -0.3 is 24.4 Å². The molecule has 7 nitrogen and oxygen atoms in total. The van der Waals surface area contributed by atoms with Gasteiger partial charge in [0.1, 0.15) is 17.3 Å². The van der Waals surface area contributed by atoms with Crippen LogP contribution in [0.3, 0.4) is 0 Å². The molecular weight excluding hydrogens is 456 g/mol. The zero-order chi connectivity index (χ0) is 26.6. The molecule has 1 atom stereocenters. The first-order valence-corrected chi connectivity index (χ1v) is 12.4. The highest BCUT2D eigenvalue weighted by molar-refractivity contribution is 6.46. The minimum Gasteiger partial charge on any atom is -0.507 e. The summed E-state index contributed by atoms with van der Waals surface area (Å²) in [7, 11) is 3.01. The third-order valence-electron chi connectivity index (χ3n) is 6.85. The molecule has 0 saturated carbocycles. The van der Waals surface area contributed by atoms with Gasteiger partial charge in [0, 0.05) is 13.1 Å². The Hall–Kier alpha value is -3.32. The highest BCUT2D eigenvalue weighted by Gasteiger charge is 2.46. The number of benzene rings is 2. The van der Waals surface area contributed by atoms with Gasteiger partial charge in [-0.25, -0.2) is 0 Å². The van der Waals surface area contributed by atoms with E-state index in [1.807, 2.05) is 24.3 Å². The Balaban J connectivity index is 2.18. The molecule has 2 aromatic carbocycles. The number of ether oxygens (including phenoxy) is 2. The number of hydrogen-bond donors (Lipinski definition) is 1. The van der Waals surface area contributed by atoms with Gasteiger partial charge in [-0.3, -0.25) is 9.59 Å². The second kappa shape index (κ2) is 11.2. The summed E-state index contributed by atoms with van der Waals surface area (Å²) in [6.07, 6.45) is 0. The van der Waals surface area contributed by atoms with Crippen LogP contribution in [0.25, 0.3) is 5.76 Å². The molecule has 1 N–H and O–H groups in total. The number of Topliss-reactive ketones (excluding diaryl/α,β-unsaturated/α-hetero) is 1. The van der Waals surface area contributed by atoms with Crippen molar-refractivity contribution in [3.05, 3.63) is 64.7 Å². The minimum atomic E-state index is -0.717. The Morgan fingerprint density at radius 1 is 1.00 bits per heavy atom. The van der Waals surface area contributed by atoms with E-state index in [4.69, 9.17) is 9.47 Å². The summed E-state index contributed by atoms with van der Waals surface area (Å²) in [6.45, 7) is 13.2. The lowest BCUT2D eigenvalue weighted by molar-refractivity contribution is -0.140. The number of amides is 1. The van der Waals surface area contributed by atoms with Gasteiger partial charge in [-0.1, -0.05) is 58.9 Å². The van der Waals surface area contributed by atoms with Crippen molar-refractivity contribution in [2.24, 2.45) is 0 Å². The maximum absolute atomic E-state index is 13.4.